The summed E-state index contributed by atoms with van der Waals surface area (Å²) in [6, 6.07) is 8.34. The summed E-state index contributed by atoms with van der Waals surface area (Å²) < 4.78 is 5.62. The molecule has 1 unspecified atom stereocenters. The molecule has 2 rings (SSSR count). The van der Waals surface area contributed by atoms with Crippen molar-refractivity contribution in [3.8, 4) is 5.75 Å². The number of ether oxygens (including phenoxy) is 1. The summed E-state index contributed by atoms with van der Waals surface area (Å²) in [5, 5.41) is 3.53. The second-order valence-electron chi connectivity index (χ2n) is 4.62. The van der Waals surface area contributed by atoms with E-state index in [0.29, 0.717) is 12.6 Å². The summed E-state index contributed by atoms with van der Waals surface area (Å²) in [4.78, 5) is 10.7. The largest absolute Gasteiger partial charge is 0.491 e. The molecule has 0 radical (unpaired) electrons. The fourth-order valence-corrected chi connectivity index (χ4v) is 3.12. The molecule has 0 spiro atoms. The fourth-order valence-electron chi connectivity index (χ4n) is 2.05. The monoisotopic (exact) mass is 280 g/mol. The van der Waals surface area contributed by atoms with Gasteiger partial charge in [-0.3, -0.25) is 4.79 Å². The van der Waals surface area contributed by atoms with E-state index in [1.54, 1.807) is 0 Å². The van der Waals surface area contributed by atoms with E-state index in [4.69, 9.17) is 10.5 Å². The van der Waals surface area contributed by atoms with Crippen LogP contribution in [-0.4, -0.2) is 30.1 Å². The highest BCUT2D eigenvalue weighted by Crippen LogP contribution is 2.27. The molecular formula is C14H20N2O2S. The number of carbonyl (C=O) groups is 1. The summed E-state index contributed by atoms with van der Waals surface area (Å²) in [7, 11) is 0. The molecule has 0 saturated carbocycles. The summed E-state index contributed by atoms with van der Waals surface area (Å²) >= 11 is 1.99. The van der Waals surface area contributed by atoms with Gasteiger partial charge in [0.25, 0.3) is 0 Å². The van der Waals surface area contributed by atoms with Gasteiger partial charge >= 0.3 is 0 Å². The van der Waals surface area contributed by atoms with Crippen LogP contribution in [0.5, 0.6) is 5.75 Å². The Balaban J connectivity index is 1.93. The van der Waals surface area contributed by atoms with Crippen LogP contribution in [0.2, 0.25) is 0 Å². The maximum Gasteiger partial charge on any atom is 0.220 e. The minimum Gasteiger partial charge on any atom is -0.491 e. The van der Waals surface area contributed by atoms with E-state index in [1.165, 1.54) is 18.6 Å². The van der Waals surface area contributed by atoms with Crippen LogP contribution in [0.3, 0.4) is 0 Å². The molecule has 4 nitrogen and oxygen atoms in total. The second-order valence-corrected chi connectivity index (χ2v) is 5.77. The third-order valence-corrected chi connectivity index (χ3v) is 4.23. The zero-order chi connectivity index (χ0) is 13.5. The van der Waals surface area contributed by atoms with E-state index in [-0.39, 0.29) is 12.3 Å². The van der Waals surface area contributed by atoms with E-state index >= 15 is 0 Å². The third-order valence-electron chi connectivity index (χ3n) is 3.01. The van der Waals surface area contributed by atoms with Crippen LogP contribution >= 0.6 is 11.8 Å². The Kier molecular flexibility index (Phi) is 5.39. The highest BCUT2D eigenvalue weighted by Gasteiger charge is 2.15. The molecular weight excluding hydrogens is 260 g/mol. The van der Waals surface area contributed by atoms with Gasteiger partial charge in [-0.25, -0.2) is 0 Å². The highest BCUT2D eigenvalue weighted by atomic mass is 32.2. The van der Waals surface area contributed by atoms with Crippen molar-refractivity contribution in [2.45, 2.75) is 25.3 Å². The highest BCUT2D eigenvalue weighted by molar-refractivity contribution is 7.99. The molecule has 1 heterocycles. The average Bonchev–Trinajstić information content (AvgIpc) is 2.41. The zero-order valence-electron chi connectivity index (χ0n) is 10.9. The van der Waals surface area contributed by atoms with Crippen molar-refractivity contribution in [1.82, 2.24) is 0 Å². The molecule has 5 heteroatoms. The van der Waals surface area contributed by atoms with Crippen LogP contribution in [0.4, 0.5) is 5.69 Å². The molecule has 1 aliphatic heterocycles. The molecule has 1 aliphatic rings. The van der Waals surface area contributed by atoms with Crippen molar-refractivity contribution in [3.05, 3.63) is 24.3 Å². The quantitative estimate of drug-likeness (QED) is 0.839. The number of thioether (sulfide) groups is 1. The van der Waals surface area contributed by atoms with Crippen molar-refractivity contribution in [2.75, 3.05) is 23.4 Å². The predicted molar refractivity (Wildman–Crippen MR) is 79.7 cm³/mol. The number of nitrogens with one attached hydrogen (secondary N) is 1. The molecule has 1 aromatic carbocycles. The molecule has 0 aliphatic carbocycles. The molecule has 1 aromatic rings. The maximum atomic E-state index is 10.7. The van der Waals surface area contributed by atoms with E-state index < -0.39 is 0 Å². The molecule has 0 bridgehead atoms. The van der Waals surface area contributed by atoms with Crippen LogP contribution < -0.4 is 15.8 Å². The first-order valence-corrected chi connectivity index (χ1v) is 7.75. The van der Waals surface area contributed by atoms with Gasteiger partial charge in [0.2, 0.25) is 5.91 Å². The lowest BCUT2D eigenvalue weighted by Gasteiger charge is -2.24. The Hall–Kier alpha value is -1.36. The number of benzene rings is 1. The molecule has 3 N–H and O–H groups in total. The third kappa shape index (κ3) is 4.67. The van der Waals surface area contributed by atoms with Crippen LogP contribution in [0.25, 0.3) is 0 Å². The van der Waals surface area contributed by atoms with E-state index in [1.807, 2.05) is 36.0 Å². The fraction of sp³-hybridized carbons (Fsp3) is 0.500. The number of rotatable bonds is 6. The SMILES string of the molecule is NC(=O)CCOc1ccccc1NC1CCCSC1. The van der Waals surface area contributed by atoms with Gasteiger partial charge < -0.3 is 15.8 Å². The molecule has 1 saturated heterocycles. The van der Waals surface area contributed by atoms with Crippen LogP contribution in [0.15, 0.2) is 24.3 Å². The van der Waals surface area contributed by atoms with Crippen molar-refractivity contribution < 1.29 is 9.53 Å². The Bertz CT molecular complexity index is 420. The maximum absolute atomic E-state index is 10.7. The standard InChI is InChI=1S/C14H20N2O2S/c15-14(17)7-8-18-13-6-2-1-5-12(13)16-11-4-3-9-19-10-11/h1-2,5-6,11,16H,3-4,7-10H2,(H2,15,17). The Morgan fingerprint density at radius 2 is 2.32 bits per heavy atom. The number of primary amides is 1. The summed E-state index contributed by atoms with van der Waals surface area (Å²) in [6.45, 7) is 0.327. The van der Waals surface area contributed by atoms with Gasteiger partial charge in [-0.15, -0.1) is 0 Å². The first kappa shape index (κ1) is 14.1. The van der Waals surface area contributed by atoms with Gasteiger partial charge in [0.1, 0.15) is 5.75 Å². The number of nitrogens with two attached hydrogens (primary N) is 1. The Morgan fingerprint density at radius 3 is 3.05 bits per heavy atom. The van der Waals surface area contributed by atoms with Crippen molar-refractivity contribution >= 4 is 23.4 Å². The van der Waals surface area contributed by atoms with Crippen LogP contribution in [0, 0.1) is 0 Å². The lowest BCUT2D eigenvalue weighted by Crippen LogP contribution is -2.26. The number of carbonyl (C=O) groups excluding carboxylic acids is 1. The van der Waals surface area contributed by atoms with Gasteiger partial charge in [-0.1, -0.05) is 12.1 Å². The summed E-state index contributed by atoms with van der Waals surface area (Å²) in [5.74, 6) is 2.85. The first-order chi connectivity index (χ1) is 9.25. The van der Waals surface area contributed by atoms with Gasteiger partial charge in [0, 0.05) is 11.8 Å². The van der Waals surface area contributed by atoms with Gasteiger partial charge in [-0.2, -0.15) is 11.8 Å². The second kappa shape index (κ2) is 7.28. The number of hydrogen-bond donors (Lipinski definition) is 2. The number of para-hydroxylation sites is 2. The minimum atomic E-state index is -0.339. The summed E-state index contributed by atoms with van der Waals surface area (Å²) in [6.07, 6.45) is 2.70. The topological polar surface area (TPSA) is 64.4 Å². The van der Waals surface area contributed by atoms with E-state index in [2.05, 4.69) is 5.32 Å². The van der Waals surface area contributed by atoms with Crippen molar-refractivity contribution in [1.29, 1.82) is 0 Å². The predicted octanol–water partition coefficient (Wildman–Crippen LogP) is 2.25. The van der Waals surface area contributed by atoms with Gasteiger partial charge in [0.05, 0.1) is 18.7 Å². The normalized spacial score (nSPS) is 18.8. The lowest BCUT2D eigenvalue weighted by atomic mass is 10.1. The number of anilines is 1. The van der Waals surface area contributed by atoms with Crippen molar-refractivity contribution in [2.24, 2.45) is 5.73 Å². The number of amides is 1. The molecule has 1 amide bonds. The lowest BCUT2D eigenvalue weighted by molar-refractivity contribution is -0.118. The Labute approximate surface area is 118 Å². The molecule has 1 atom stereocenters. The first-order valence-electron chi connectivity index (χ1n) is 6.60. The van der Waals surface area contributed by atoms with Gasteiger partial charge in [0.15, 0.2) is 0 Å². The molecule has 1 fully saturated rings. The summed E-state index contributed by atoms with van der Waals surface area (Å²) in [5.41, 5.74) is 6.11. The van der Waals surface area contributed by atoms with Gasteiger partial charge in [-0.05, 0) is 30.7 Å². The van der Waals surface area contributed by atoms with E-state index in [9.17, 15) is 4.79 Å². The number of hydrogen-bond acceptors (Lipinski definition) is 4. The molecule has 0 aromatic heterocycles. The zero-order valence-corrected chi connectivity index (χ0v) is 11.7. The van der Waals surface area contributed by atoms with Crippen LogP contribution in [0.1, 0.15) is 19.3 Å². The Morgan fingerprint density at radius 1 is 1.47 bits per heavy atom. The van der Waals surface area contributed by atoms with Crippen LogP contribution in [-0.2, 0) is 4.79 Å². The smallest absolute Gasteiger partial charge is 0.220 e. The average molecular weight is 280 g/mol. The molecule has 104 valence electrons. The minimum absolute atomic E-state index is 0.244. The van der Waals surface area contributed by atoms with Crippen molar-refractivity contribution in [3.63, 3.8) is 0 Å². The van der Waals surface area contributed by atoms with E-state index in [0.717, 1.165) is 17.2 Å². The molecule has 19 heavy (non-hydrogen) atoms.